The highest BCUT2D eigenvalue weighted by molar-refractivity contribution is 7.13. The number of thiophene rings is 1. The smallest absolute Gasteiger partial charge is 0.291 e. The third-order valence-corrected chi connectivity index (χ3v) is 6.66. The van der Waals surface area contributed by atoms with Gasteiger partial charge in [0.1, 0.15) is 5.82 Å². The van der Waals surface area contributed by atoms with Gasteiger partial charge in [-0.15, -0.1) is 16.4 Å². The van der Waals surface area contributed by atoms with E-state index in [1.807, 2.05) is 60.0 Å². The highest BCUT2D eigenvalue weighted by Crippen LogP contribution is 2.25. The van der Waals surface area contributed by atoms with Crippen LogP contribution in [-0.2, 0) is 6.54 Å². The first-order chi connectivity index (χ1) is 16.2. The molecule has 1 fully saturated rings. The number of likely N-dealkylation sites (tertiary alicyclic amines) is 1. The van der Waals surface area contributed by atoms with Crippen LogP contribution in [0.2, 0.25) is 0 Å². The summed E-state index contributed by atoms with van der Waals surface area (Å²) in [5.74, 6) is 0.372. The van der Waals surface area contributed by atoms with E-state index < -0.39 is 0 Å². The topological polar surface area (TPSA) is 63.1 Å². The average molecular weight is 462 g/mol. The van der Waals surface area contributed by atoms with Gasteiger partial charge in [0, 0.05) is 25.7 Å². The Kier molecular flexibility index (Phi) is 6.28. The van der Waals surface area contributed by atoms with Gasteiger partial charge in [-0.25, -0.2) is 14.1 Å². The van der Waals surface area contributed by atoms with E-state index in [2.05, 4.69) is 20.3 Å². The van der Waals surface area contributed by atoms with Crippen LogP contribution in [0.15, 0.2) is 72.1 Å². The van der Waals surface area contributed by atoms with Crippen LogP contribution < -0.4 is 5.32 Å². The molecule has 1 aliphatic rings. The Morgan fingerprint density at radius 3 is 2.48 bits per heavy atom. The molecule has 0 saturated carbocycles. The van der Waals surface area contributed by atoms with Crippen molar-refractivity contribution in [3.05, 3.63) is 89.3 Å². The van der Waals surface area contributed by atoms with Gasteiger partial charge >= 0.3 is 0 Å². The van der Waals surface area contributed by atoms with Crippen LogP contribution in [0.1, 0.15) is 29.0 Å². The Morgan fingerprint density at radius 2 is 1.79 bits per heavy atom. The largest absolute Gasteiger partial charge is 0.346 e. The molecule has 5 rings (SSSR count). The third-order valence-electron chi connectivity index (χ3n) is 5.79. The summed E-state index contributed by atoms with van der Waals surface area (Å²) in [6.07, 6.45) is 1.70. The van der Waals surface area contributed by atoms with Crippen molar-refractivity contribution in [2.45, 2.75) is 25.4 Å². The number of carbonyl (C=O) groups excluding carboxylic acids is 1. The summed E-state index contributed by atoms with van der Waals surface area (Å²) in [5.41, 5.74) is 1.96. The number of carbonyl (C=O) groups is 1. The molecule has 4 aromatic rings. The van der Waals surface area contributed by atoms with Crippen molar-refractivity contribution < 1.29 is 9.18 Å². The van der Waals surface area contributed by atoms with Crippen molar-refractivity contribution in [3.8, 4) is 16.4 Å². The number of halogens is 1. The van der Waals surface area contributed by atoms with Crippen LogP contribution in [-0.4, -0.2) is 44.7 Å². The Bertz CT molecular complexity index is 1200. The van der Waals surface area contributed by atoms with Crippen molar-refractivity contribution in [2.24, 2.45) is 0 Å². The van der Waals surface area contributed by atoms with Gasteiger partial charge in [0.15, 0.2) is 5.82 Å². The number of nitrogens with zero attached hydrogens (tertiary/aromatic N) is 4. The number of para-hydroxylation sites is 1. The molecule has 1 saturated heterocycles. The molecule has 8 heteroatoms. The minimum atomic E-state index is -0.250. The van der Waals surface area contributed by atoms with Crippen molar-refractivity contribution in [2.75, 3.05) is 13.1 Å². The maximum Gasteiger partial charge on any atom is 0.291 e. The molecule has 0 spiro atoms. The number of rotatable bonds is 6. The molecule has 0 aliphatic carbocycles. The molecule has 33 heavy (non-hydrogen) atoms. The van der Waals surface area contributed by atoms with Crippen molar-refractivity contribution in [3.63, 3.8) is 0 Å². The van der Waals surface area contributed by atoms with Crippen LogP contribution in [0.3, 0.4) is 0 Å². The third kappa shape index (κ3) is 5.02. The van der Waals surface area contributed by atoms with Gasteiger partial charge in [-0.2, -0.15) is 0 Å². The molecule has 6 nitrogen and oxygen atoms in total. The zero-order valence-corrected chi connectivity index (χ0v) is 18.8. The molecule has 2 aromatic carbocycles. The lowest BCUT2D eigenvalue weighted by atomic mass is 10.0. The Hall–Kier alpha value is -3.36. The average Bonchev–Trinajstić information content (AvgIpc) is 3.53. The number of hydrogen-bond acceptors (Lipinski definition) is 5. The van der Waals surface area contributed by atoms with Crippen LogP contribution in [0.25, 0.3) is 16.4 Å². The molecule has 0 radical (unpaired) electrons. The monoisotopic (exact) mass is 461 g/mol. The van der Waals surface area contributed by atoms with Crippen LogP contribution >= 0.6 is 11.3 Å². The Labute approximate surface area is 195 Å². The fourth-order valence-electron chi connectivity index (χ4n) is 4.06. The molecule has 0 atom stereocenters. The lowest BCUT2D eigenvalue weighted by Crippen LogP contribution is -2.44. The number of piperidine rings is 1. The molecule has 1 aliphatic heterocycles. The highest BCUT2D eigenvalue weighted by atomic mass is 32.1. The van der Waals surface area contributed by atoms with Crippen LogP contribution in [0.4, 0.5) is 4.39 Å². The number of hydrogen-bond donors (Lipinski definition) is 1. The first-order valence-electron chi connectivity index (χ1n) is 11.0. The van der Waals surface area contributed by atoms with Gasteiger partial charge in [0.05, 0.1) is 10.6 Å². The number of aromatic nitrogens is 3. The quantitative estimate of drug-likeness (QED) is 0.458. The van der Waals surface area contributed by atoms with Crippen LogP contribution in [0, 0.1) is 5.82 Å². The standard InChI is InChI=1S/C25H24FN5OS/c26-19-10-8-18(9-11-19)17-30-14-12-20(13-15-30)27-25(32)23-28-24(22-7-4-16-33-22)31(29-23)21-5-2-1-3-6-21/h1-11,16,20H,12-15,17H2,(H,27,32). The second-order valence-corrected chi connectivity index (χ2v) is 9.08. The number of benzene rings is 2. The molecular weight excluding hydrogens is 437 g/mol. The van der Waals surface area contributed by atoms with Gasteiger partial charge in [-0.3, -0.25) is 9.69 Å². The summed E-state index contributed by atoms with van der Waals surface area (Å²) in [4.78, 5) is 20.9. The van der Waals surface area contributed by atoms with Gasteiger partial charge in [-0.05, 0) is 54.1 Å². The maximum absolute atomic E-state index is 13.1. The summed E-state index contributed by atoms with van der Waals surface area (Å²) < 4.78 is 14.8. The van der Waals surface area contributed by atoms with Crippen molar-refractivity contribution in [1.82, 2.24) is 25.0 Å². The second kappa shape index (κ2) is 9.64. The second-order valence-electron chi connectivity index (χ2n) is 8.13. The first-order valence-corrected chi connectivity index (χ1v) is 11.9. The summed E-state index contributed by atoms with van der Waals surface area (Å²) in [6.45, 7) is 2.53. The molecular formula is C25H24FN5OS. The molecule has 2 aromatic heterocycles. The van der Waals surface area contributed by atoms with Gasteiger partial charge in [0.2, 0.25) is 5.82 Å². The summed E-state index contributed by atoms with van der Waals surface area (Å²) in [7, 11) is 0. The summed E-state index contributed by atoms with van der Waals surface area (Å²) in [6, 6.07) is 20.4. The van der Waals surface area contributed by atoms with E-state index in [4.69, 9.17) is 0 Å². The number of amides is 1. The van der Waals surface area contributed by atoms with E-state index in [-0.39, 0.29) is 23.6 Å². The minimum Gasteiger partial charge on any atom is -0.346 e. The predicted molar refractivity (Wildman–Crippen MR) is 127 cm³/mol. The maximum atomic E-state index is 13.1. The molecule has 3 heterocycles. The van der Waals surface area contributed by atoms with E-state index in [9.17, 15) is 9.18 Å². The van der Waals surface area contributed by atoms with E-state index in [0.717, 1.165) is 48.6 Å². The van der Waals surface area contributed by atoms with Gasteiger partial charge < -0.3 is 5.32 Å². The van der Waals surface area contributed by atoms with Gasteiger partial charge in [0.25, 0.3) is 5.91 Å². The highest BCUT2D eigenvalue weighted by Gasteiger charge is 2.24. The van der Waals surface area contributed by atoms with E-state index in [0.29, 0.717) is 5.82 Å². The first kappa shape index (κ1) is 21.5. The predicted octanol–water partition coefficient (Wildman–Crippen LogP) is 4.53. The molecule has 0 bridgehead atoms. The van der Waals surface area contributed by atoms with Crippen molar-refractivity contribution >= 4 is 17.2 Å². The molecule has 1 amide bonds. The summed E-state index contributed by atoms with van der Waals surface area (Å²) >= 11 is 1.57. The zero-order valence-electron chi connectivity index (χ0n) is 18.0. The summed E-state index contributed by atoms with van der Waals surface area (Å²) in [5, 5.41) is 9.64. The fraction of sp³-hybridized carbons (Fsp3) is 0.240. The van der Waals surface area contributed by atoms with E-state index in [1.165, 1.54) is 12.1 Å². The van der Waals surface area contributed by atoms with E-state index in [1.54, 1.807) is 16.0 Å². The van der Waals surface area contributed by atoms with Crippen molar-refractivity contribution in [1.29, 1.82) is 0 Å². The molecule has 0 unspecified atom stereocenters. The Balaban J connectivity index is 1.24. The molecule has 168 valence electrons. The Morgan fingerprint density at radius 1 is 1.03 bits per heavy atom. The molecule has 1 N–H and O–H groups in total. The number of nitrogens with one attached hydrogen (secondary N) is 1. The zero-order chi connectivity index (χ0) is 22.6. The SMILES string of the molecule is O=C(NC1CCN(Cc2ccc(F)cc2)CC1)c1nc(-c2cccs2)n(-c2ccccc2)n1. The van der Waals surface area contributed by atoms with E-state index >= 15 is 0 Å². The minimum absolute atomic E-state index is 0.0795. The lowest BCUT2D eigenvalue weighted by Gasteiger charge is -2.32. The normalized spacial score (nSPS) is 14.9. The fourth-order valence-corrected chi connectivity index (χ4v) is 4.75. The van der Waals surface area contributed by atoms with Crippen LogP contribution in [0.5, 0.6) is 0 Å². The van der Waals surface area contributed by atoms with Gasteiger partial charge in [-0.1, -0.05) is 36.4 Å². The lowest BCUT2D eigenvalue weighted by molar-refractivity contribution is 0.0898.